The Bertz CT molecular complexity index is 120. The summed E-state index contributed by atoms with van der Waals surface area (Å²) in [5.41, 5.74) is 7.83. The third kappa shape index (κ3) is 7.19. The minimum absolute atomic E-state index is 0.353. The van der Waals surface area contributed by atoms with E-state index in [1.165, 1.54) is 7.05 Å². The standard InChI is InChI=1S/C4H10N4O2/c1-8(9)10-4-2-3-6-7-5/h9H,2-4H2,1H3. The van der Waals surface area contributed by atoms with Gasteiger partial charge in [0, 0.05) is 18.5 Å². The average Bonchev–Trinajstić information content (AvgIpc) is 1.87. The highest BCUT2D eigenvalue weighted by molar-refractivity contribution is 4.44. The summed E-state index contributed by atoms with van der Waals surface area (Å²) in [6, 6.07) is 0. The molecule has 0 aliphatic carbocycles. The molecule has 58 valence electrons. The fourth-order valence-corrected chi connectivity index (χ4v) is 0.377. The molecule has 0 atom stereocenters. The van der Waals surface area contributed by atoms with E-state index < -0.39 is 0 Å². The second kappa shape index (κ2) is 6.31. The molecule has 0 saturated carbocycles. The normalized spacial score (nSPS) is 9.50. The van der Waals surface area contributed by atoms with Crippen LogP contribution in [0, 0.1) is 0 Å². The lowest BCUT2D eigenvalue weighted by atomic mass is 10.5. The van der Waals surface area contributed by atoms with Gasteiger partial charge in [0.15, 0.2) is 0 Å². The van der Waals surface area contributed by atoms with Gasteiger partial charge in [0.25, 0.3) is 0 Å². The van der Waals surface area contributed by atoms with Gasteiger partial charge in [-0.15, -0.1) is 0 Å². The Labute approximate surface area is 58.5 Å². The summed E-state index contributed by atoms with van der Waals surface area (Å²) in [5.74, 6) is 0. The summed E-state index contributed by atoms with van der Waals surface area (Å²) < 4.78 is 0. The number of azide groups is 1. The molecule has 6 heteroatoms. The monoisotopic (exact) mass is 146 g/mol. The van der Waals surface area contributed by atoms with Crippen molar-refractivity contribution >= 4 is 0 Å². The van der Waals surface area contributed by atoms with Gasteiger partial charge in [0.1, 0.15) is 0 Å². The first-order valence-corrected chi connectivity index (χ1v) is 2.83. The maximum absolute atomic E-state index is 8.42. The lowest BCUT2D eigenvalue weighted by molar-refractivity contribution is -0.323. The van der Waals surface area contributed by atoms with Gasteiger partial charge >= 0.3 is 0 Å². The first-order valence-electron chi connectivity index (χ1n) is 2.83. The average molecular weight is 146 g/mol. The largest absolute Gasteiger partial charge is 0.290 e. The highest BCUT2D eigenvalue weighted by atomic mass is 16.9. The van der Waals surface area contributed by atoms with Crippen molar-refractivity contribution < 1.29 is 10.0 Å². The predicted octanol–water partition coefficient (Wildman–Crippen LogP) is 0.939. The summed E-state index contributed by atoms with van der Waals surface area (Å²) in [5, 5.41) is 12.3. The van der Waals surface area contributed by atoms with E-state index in [2.05, 4.69) is 14.9 Å². The maximum Gasteiger partial charge on any atom is 0.0712 e. The number of rotatable bonds is 5. The van der Waals surface area contributed by atoms with Crippen LogP contribution in [0.2, 0.25) is 0 Å². The quantitative estimate of drug-likeness (QED) is 0.206. The minimum atomic E-state index is 0.353. The second-order valence-electron chi connectivity index (χ2n) is 1.61. The second-order valence-corrected chi connectivity index (χ2v) is 1.61. The molecule has 0 aromatic heterocycles. The van der Waals surface area contributed by atoms with Crippen LogP contribution in [0.1, 0.15) is 6.42 Å². The molecule has 0 amide bonds. The fourth-order valence-electron chi connectivity index (χ4n) is 0.377. The van der Waals surface area contributed by atoms with Gasteiger partial charge in [-0.25, -0.2) is 0 Å². The first kappa shape index (κ1) is 9.19. The molecule has 0 saturated heterocycles. The van der Waals surface area contributed by atoms with E-state index in [1.54, 1.807) is 0 Å². The number of hydrogen-bond donors (Lipinski definition) is 1. The van der Waals surface area contributed by atoms with E-state index >= 15 is 0 Å². The van der Waals surface area contributed by atoms with Crippen LogP contribution in [0.3, 0.4) is 0 Å². The Hall–Kier alpha value is -0.810. The van der Waals surface area contributed by atoms with Gasteiger partial charge in [0.05, 0.1) is 6.61 Å². The Balaban J connectivity index is 2.98. The van der Waals surface area contributed by atoms with Crippen LogP contribution in [0.25, 0.3) is 10.4 Å². The zero-order chi connectivity index (χ0) is 7.82. The lowest BCUT2D eigenvalue weighted by Crippen LogP contribution is -2.14. The van der Waals surface area contributed by atoms with Crippen molar-refractivity contribution in [3.8, 4) is 0 Å². The molecule has 0 spiro atoms. The van der Waals surface area contributed by atoms with Gasteiger partial charge < -0.3 is 0 Å². The van der Waals surface area contributed by atoms with Gasteiger partial charge in [-0.3, -0.25) is 10.0 Å². The van der Waals surface area contributed by atoms with Crippen molar-refractivity contribution in [2.75, 3.05) is 20.2 Å². The molecule has 0 rings (SSSR count). The van der Waals surface area contributed by atoms with E-state index in [0.29, 0.717) is 24.8 Å². The summed E-state index contributed by atoms with van der Waals surface area (Å²) >= 11 is 0. The van der Waals surface area contributed by atoms with Crippen LogP contribution in [-0.2, 0) is 4.84 Å². The molecular formula is C4H10N4O2. The zero-order valence-electron chi connectivity index (χ0n) is 5.77. The van der Waals surface area contributed by atoms with Crippen LogP contribution < -0.4 is 0 Å². The van der Waals surface area contributed by atoms with Crippen molar-refractivity contribution in [1.29, 1.82) is 0 Å². The third-order valence-corrected chi connectivity index (χ3v) is 0.744. The Morgan fingerprint density at radius 1 is 1.80 bits per heavy atom. The molecule has 10 heavy (non-hydrogen) atoms. The topological polar surface area (TPSA) is 81.5 Å². The Kier molecular flexibility index (Phi) is 5.80. The number of hydrogen-bond acceptors (Lipinski definition) is 4. The van der Waals surface area contributed by atoms with E-state index in [4.69, 9.17) is 10.7 Å². The molecule has 0 bridgehead atoms. The first-order chi connectivity index (χ1) is 4.77. The van der Waals surface area contributed by atoms with E-state index in [9.17, 15) is 0 Å². The lowest BCUT2D eigenvalue weighted by Gasteiger charge is -2.05. The predicted molar refractivity (Wildman–Crippen MR) is 34.1 cm³/mol. The SMILES string of the molecule is CN(O)OCCCN=[N+]=[N-]. The molecule has 0 radical (unpaired) electrons. The van der Waals surface area contributed by atoms with Gasteiger partial charge in [0.2, 0.25) is 0 Å². The van der Waals surface area contributed by atoms with Crippen LogP contribution in [0.15, 0.2) is 5.11 Å². The number of hydroxylamine groups is 2. The molecule has 0 aliphatic rings. The van der Waals surface area contributed by atoms with Crippen LogP contribution >= 0.6 is 0 Å². The number of nitrogens with zero attached hydrogens (tertiary/aromatic N) is 4. The van der Waals surface area contributed by atoms with Crippen molar-refractivity contribution in [3.63, 3.8) is 0 Å². The summed E-state index contributed by atoms with van der Waals surface area (Å²) in [4.78, 5) is 7.14. The molecule has 0 aliphatic heterocycles. The third-order valence-electron chi connectivity index (χ3n) is 0.744. The van der Waals surface area contributed by atoms with E-state index in [0.717, 1.165) is 0 Å². The van der Waals surface area contributed by atoms with Crippen molar-refractivity contribution in [1.82, 2.24) is 5.23 Å². The van der Waals surface area contributed by atoms with Crippen LogP contribution in [-0.4, -0.2) is 30.6 Å². The molecule has 6 nitrogen and oxygen atoms in total. The van der Waals surface area contributed by atoms with Crippen molar-refractivity contribution in [2.45, 2.75) is 6.42 Å². The molecule has 0 fully saturated rings. The molecule has 0 unspecified atom stereocenters. The smallest absolute Gasteiger partial charge is 0.0712 e. The highest BCUT2D eigenvalue weighted by Gasteiger charge is 1.89. The fraction of sp³-hybridized carbons (Fsp3) is 1.00. The molecule has 0 aromatic carbocycles. The highest BCUT2D eigenvalue weighted by Crippen LogP contribution is 1.85. The summed E-state index contributed by atoms with van der Waals surface area (Å²) in [6.45, 7) is 0.746. The zero-order valence-corrected chi connectivity index (χ0v) is 5.77. The van der Waals surface area contributed by atoms with Crippen LogP contribution in [0.5, 0.6) is 0 Å². The van der Waals surface area contributed by atoms with Gasteiger partial charge in [-0.1, -0.05) is 10.3 Å². The van der Waals surface area contributed by atoms with Crippen molar-refractivity contribution in [2.24, 2.45) is 5.11 Å². The molecule has 0 heterocycles. The Morgan fingerprint density at radius 2 is 2.50 bits per heavy atom. The summed E-state index contributed by atoms with van der Waals surface area (Å²) in [7, 11) is 1.37. The van der Waals surface area contributed by atoms with Crippen molar-refractivity contribution in [3.05, 3.63) is 10.4 Å². The molecule has 1 N–H and O–H groups in total. The van der Waals surface area contributed by atoms with E-state index in [-0.39, 0.29) is 0 Å². The van der Waals surface area contributed by atoms with Gasteiger partial charge in [-0.2, -0.15) is 0 Å². The Morgan fingerprint density at radius 3 is 3.00 bits per heavy atom. The van der Waals surface area contributed by atoms with Gasteiger partial charge in [-0.05, 0) is 12.0 Å². The van der Waals surface area contributed by atoms with Crippen LogP contribution in [0.4, 0.5) is 0 Å². The van der Waals surface area contributed by atoms with E-state index in [1.807, 2.05) is 0 Å². The molecular weight excluding hydrogens is 136 g/mol. The summed E-state index contributed by atoms with van der Waals surface area (Å²) in [6.07, 6.45) is 0.606. The molecule has 0 aromatic rings. The maximum atomic E-state index is 8.42. The minimum Gasteiger partial charge on any atom is -0.290 e.